The molecule has 0 saturated carbocycles. The molecule has 1 aliphatic rings. The number of carbonyl (C=O) groups is 3. The van der Waals surface area contributed by atoms with Crippen molar-refractivity contribution in [2.75, 3.05) is 26.2 Å². The molecule has 1 aliphatic heterocycles. The van der Waals surface area contributed by atoms with Gasteiger partial charge in [-0.15, -0.1) is 0 Å². The zero-order valence-corrected chi connectivity index (χ0v) is 33.8. The van der Waals surface area contributed by atoms with Crippen LogP contribution < -0.4 is 10.6 Å². The minimum atomic E-state index is -0.437. The number of aliphatic hydroxyl groups excluding tert-OH is 1. The van der Waals surface area contributed by atoms with Gasteiger partial charge in [0.25, 0.3) is 0 Å². The van der Waals surface area contributed by atoms with E-state index >= 15 is 0 Å². The molecule has 3 N–H and O–H groups in total. The molecule has 1 heterocycles. The zero-order chi connectivity index (χ0) is 37.2. The number of esters is 1. The van der Waals surface area contributed by atoms with Crippen LogP contribution in [0.3, 0.4) is 0 Å². The summed E-state index contributed by atoms with van der Waals surface area (Å²) in [6.07, 6.45) is 33.3. The van der Waals surface area contributed by atoms with Gasteiger partial charge in [-0.3, -0.25) is 14.4 Å². The molecule has 0 spiro atoms. The van der Waals surface area contributed by atoms with Gasteiger partial charge < -0.3 is 25.4 Å². The van der Waals surface area contributed by atoms with Gasteiger partial charge in [0.15, 0.2) is 0 Å². The molecule has 0 bridgehead atoms. The highest BCUT2D eigenvalue weighted by Crippen LogP contribution is 2.19. The number of carbonyl (C=O) groups excluding carboxylic acids is 3. The Morgan fingerprint density at radius 1 is 0.569 bits per heavy atom. The Kier molecular flexibility index (Phi) is 31.7. The number of hydrogen-bond acceptors (Lipinski definition) is 6. The summed E-state index contributed by atoms with van der Waals surface area (Å²) in [5, 5.41) is 15.5. The molecule has 2 unspecified atom stereocenters. The topological polar surface area (TPSA) is 108 Å². The van der Waals surface area contributed by atoms with Gasteiger partial charge in [0.1, 0.15) is 18.2 Å². The van der Waals surface area contributed by atoms with Crippen molar-refractivity contribution in [2.24, 2.45) is 0 Å². The maximum atomic E-state index is 12.7. The molecule has 2 atom stereocenters. The third kappa shape index (κ3) is 26.7. The van der Waals surface area contributed by atoms with Gasteiger partial charge in [-0.1, -0.05) is 143 Å². The van der Waals surface area contributed by atoms with Gasteiger partial charge in [0, 0.05) is 13.0 Å². The van der Waals surface area contributed by atoms with Crippen LogP contribution >= 0.6 is 0 Å². The van der Waals surface area contributed by atoms with E-state index in [1.165, 1.54) is 103 Å². The molecule has 300 valence electrons. The first-order valence-corrected chi connectivity index (χ1v) is 22.1. The first kappa shape index (κ1) is 47.4. The highest BCUT2D eigenvalue weighted by atomic mass is 16.5. The van der Waals surface area contributed by atoms with Crippen molar-refractivity contribution >= 4 is 17.8 Å². The lowest BCUT2D eigenvalue weighted by Gasteiger charge is -2.30. The van der Waals surface area contributed by atoms with Crippen molar-refractivity contribution in [3.8, 4) is 0 Å². The van der Waals surface area contributed by atoms with Gasteiger partial charge in [-0.2, -0.15) is 0 Å². The average molecular weight is 722 g/mol. The maximum Gasteiger partial charge on any atom is 0.306 e. The molecule has 1 fully saturated rings. The second kappa shape index (κ2) is 34.1. The van der Waals surface area contributed by atoms with E-state index in [0.717, 1.165) is 90.1 Å². The number of unbranched alkanes of at least 4 members (excludes halogenated alkanes) is 20. The van der Waals surface area contributed by atoms with Crippen molar-refractivity contribution in [1.29, 1.82) is 0 Å². The predicted octanol–water partition coefficient (Wildman–Crippen LogP) is 9.94. The van der Waals surface area contributed by atoms with E-state index in [-0.39, 0.29) is 36.5 Å². The SMILES string of the molecule is CCCCCCCCC(CCCCCCCC)OC(=O)CCCCCCCN(CCO)CCCCC1NC(=O)C(CCCCCCCC)NC1=O. The average Bonchev–Trinajstić information content (AvgIpc) is 3.12. The molecule has 2 amide bonds. The highest BCUT2D eigenvalue weighted by Gasteiger charge is 2.32. The fraction of sp³-hybridized carbons (Fsp3) is 0.930. The van der Waals surface area contributed by atoms with Crippen molar-refractivity contribution in [3.63, 3.8) is 0 Å². The van der Waals surface area contributed by atoms with Crippen LogP contribution in [0.15, 0.2) is 0 Å². The lowest BCUT2D eigenvalue weighted by Crippen LogP contribution is -2.61. The second-order valence-electron chi connectivity index (χ2n) is 15.5. The van der Waals surface area contributed by atoms with Crippen molar-refractivity contribution < 1.29 is 24.2 Å². The summed E-state index contributed by atoms with van der Waals surface area (Å²) >= 11 is 0. The Morgan fingerprint density at radius 3 is 1.45 bits per heavy atom. The van der Waals surface area contributed by atoms with E-state index < -0.39 is 6.04 Å². The smallest absolute Gasteiger partial charge is 0.306 e. The Balaban J connectivity index is 2.21. The summed E-state index contributed by atoms with van der Waals surface area (Å²) in [6, 6.07) is -0.825. The van der Waals surface area contributed by atoms with E-state index in [2.05, 4.69) is 36.3 Å². The quantitative estimate of drug-likeness (QED) is 0.0436. The number of piperazine rings is 1. The third-order valence-corrected chi connectivity index (χ3v) is 10.7. The van der Waals surface area contributed by atoms with E-state index in [9.17, 15) is 19.5 Å². The zero-order valence-electron chi connectivity index (χ0n) is 33.8. The van der Waals surface area contributed by atoms with Gasteiger partial charge in [-0.25, -0.2) is 0 Å². The highest BCUT2D eigenvalue weighted by molar-refractivity contribution is 5.96. The number of rotatable bonds is 37. The number of nitrogens with zero attached hydrogens (tertiary/aromatic N) is 1. The molecule has 0 aromatic rings. The Labute approximate surface area is 314 Å². The molecule has 8 heteroatoms. The normalized spacial score (nSPS) is 16.2. The van der Waals surface area contributed by atoms with Crippen LogP contribution in [0.2, 0.25) is 0 Å². The van der Waals surface area contributed by atoms with Crippen molar-refractivity contribution in [2.45, 2.75) is 232 Å². The van der Waals surface area contributed by atoms with Crippen molar-refractivity contribution in [3.05, 3.63) is 0 Å². The molecule has 0 aromatic heterocycles. The van der Waals surface area contributed by atoms with Gasteiger partial charge in [-0.05, 0) is 77.3 Å². The molecular formula is C43H83N3O5. The first-order valence-electron chi connectivity index (χ1n) is 22.1. The van der Waals surface area contributed by atoms with Crippen LogP contribution in [-0.2, 0) is 19.1 Å². The van der Waals surface area contributed by atoms with Crippen LogP contribution in [-0.4, -0.2) is 72.2 Å². The number of amides is 2. The van der Waals surface area contributed by atoms with Crippen LogP contribution in [0.25, 0.3) is 0 Å². The molecule has 0 aliphatic carbocycles. The summed E-state index contributed by atoms with van der Waals surface area (Å²) < 4.78 is 6.01. The predicted molar refractivity (Wildman–Crippen MR) is 213 cm³/mol. The third-order valence-electron chi connectivity index (χ3n) is 10.7. The molecule has 0 radical (unpaired) electrons. The Hall–Kier alpha value is -1.67. The monoisotopic (exact) mass is 722 g/mol. The lowest BCUT2D eigenvalue weighted by atomic mass is 10.00. The standard InChI is InChI=1S/C43H83N3O5/c1-4-7-10-13-17-22-29-38(30-23-18-14-11-8-5-2)51-41(48)33-25-20-16-21-27-34-46(36-37-47)35-28-26-32-40-43(50)44-39(42(49)45-40)31-24-19-15-12-9-6-3/h38-40,47H,4-37H2,1-3H3,(H,44,50)(H,45,49). The summed E-state index contributed by atoms with van der Waals surface area (Å²) in [5.74, 6) is -0.0975. The van der Waals surface area contributed by atoms with E-state index in [4.69, 9.17) is 4.74 Å². The Morgan fingerprint density at radius 2 is 0.961 bits per heavy atom. The van der Waals surface area contributed by atoms with Gasteiger partial charge in [0.2, 0.25) is 11.8 Å². The van der Waals surface area contributed by atoms with E-state index in [1.54, 1.807) is 0 Å². The number of nitrogens with one attached hydrogen (secondary N) is 2. The summed E-state index contributed by atoms with van der Waals surface area (Å²) in [7, 11) is 0. The van der Waals surface area contributed by atoms with Crippen LogP contribution in [0.5, 0.6) is 0 Å². The fourth-order valence-electron chi connectivity index (χ4n) is 7.32. The summed E-state index contributed by atoms with van der Waals surface area (Å²) in [6.45, 7) is 9.34. The molecule has 1 saturated heterocycles. The number of aliphatic hydroxyl groups is 1. The first-order chi connectivity index (χ1) is 24.9. The van der Waals surface area contributed by atoms with Crippen molar-refractivity contribution in [1.82, 2.24) is 15.5 Å². The lowest BCUT2D eigenvalue weighted by molar-refractivity contribution is -0.150. The molecule has 0 aromatic carbocycles. The fourth-order valence-corrected chi connectivity index (χ4v) is 7.32. The summed E-state index contributed by atoms with van der Waals surface area (Å²) in [5.41, 5.74) is 0. The number of hydrogen-bond donors (Lipinski definition) is 3. The molecule has 51 heavy (non-hydrogen) atoms. The minimum Gasteiger partial charge on any atom is -0.462 e. The minimum absolute atomic E-state index is 0.00987. The Bertz CT molecular complexity index is 824. The molecule has 8 nitrogen and oxygen atoms in total. The summed E-state index contributed by atoms with van der Waals surface area (Å²) in [4.78, 5) is 40.2. The van der Waals surface area contributed by atoms with E-state index in [0.29, 0.717) is 19.4 Å². The largest absolute Gasteiger partial charge is 0.462 e. The van der Waals surface area contributed by atoms with Crippen LogP contribution in [0.4, 0.5) is 0 Å². The number of ether oxygens (including phenoxy) is 1. The van der Waals surface area contributed by atoms with Crippen LogP contribution in [0, 0.1) is 0 Å². The molecular weight excluding hydrogens is 638 g/mol. The van der Waals surface area contributed by atoms with Crippen LogP contribution in [0.1, 0.15) is 213 Å². The van der Waals surface area contributed by atoms with Gasteiger partial charge in [0.05, 0.1) is 6.61 Å². The van der Waals surface area contributed by atoms with E-state index in [1.807, 2.05) is 0 Å². The van der Waals surface area contributed by atoms with Gasteiger partial charge >= 0.3 is 5.97 Å². The second-order valence-corrected chi connectivity index (χ2v) is 15.5. The maximum absolute atomic E-state index is 12.7. The molecule has 1 rings (SSSR count).